The van der Waals surface area contributed by atoms with E-state index in [1.54, 1.807) is 0 Å². The first kappa shape index (κ1) is 22.7. The first-order chi connectivity index (χ1) is 11.6. The van der Waals surface area contributed by atoms with Crippen LogP contribution in [-0.4, -0.2) is 62.7 Å². The normalized spacial score (nSPS) is 13.0. The minimum Gasteiger partial charge on any atom is -0.469 e. The second-order valence-corrected chi connectivity index (χ2v) is 6.01. The van der Waals surface area contributed by atoms with Crippen LogP contribution in [0.5, 0.6) is 0 Å². The molecule has 142 valence electrons. The maximum absolute atomic E-state index is 11.1. The van der Waals surface area contributed by atoms with Crippen LogP contribution in [0, 0.1) is 0 Å². The highest BCUT2D eigenvalue weighted by molar-refractivity contribution is 5.80. The van der Waals surface area contributed by atoms with Gasteiger partial charge in [0.2, 0.25) is 0 Å². The van der Waals surface area contributed by atoms with E-state index in [4.69, 9.17) is 0 Å². The molecule has 0 aromatic rings. The number of methoxy groups -OCH3 is 1. The predicted molar refractivity (Wildman–Crippen MR) is 101 cm³/mol. The number of carbonyl (C=O) groups is 1. The molecule has 0 radical (unpaired) electrons. The Bertz CT molecular complexity index is 344. The number of hydrogen-bond donors (Lipinski definition) is 2. The highest BCUT2D eigenvalue weighted by Gasteiger charge is 2.06. The lowest BCUT2D eigenvalue weighted by molar-refractivity contribution is -0.140. The molecule has 0 fully saturated rings. The number of hydrogen-bond acceptors (Lipinski definition) is 4. The first-order valence-electron chi connectivity index (χ1n) is 9.41. The Hall–Kier alpha value is -1.30. The van der Waals surface area contributed by atoms with Gasteiger partial charge in [0.1, 0.15) is 0 Å². The van der Waals surface area contributed by atoms with Crippen LogP contribution in [0.15, 0.2) is 4.99 Å². The van der Waals surface area contributed by atoms with Crippen molar-refractivity contribution >= 4 is 11.9 Å². The zero-order valence-corrected chi connectivity index (χ0v) is 16.4. The van der Waals surface area contributed by atoms with Crippen molar-refractivity contribution < 1.29 is 9.53 Å². The fourth-order valence-corrected chi connectivity index (χ4v) is 2.46. The summed E-state index contributed by atoms with van der Waals surface area (Å²) >= 11 is 0. The second-order valence-electron chi connectivity index (χ2n) is 6.01. The minimum atomic E-state index is -0.147. The molecular weight excluding hydrogens is 304 g/mol. The number of rotatable bonds is 13. The van der Waals surface area contributed by atoms with Gasteiger partial charge in [-0.1, -0.05) is 13.8 Å². The molecule has 2 N–H and O–H groups in total. The summed E-state index contributed by atoms with van der Waals surface area (Å²) in [5.74, 6) is 0.719. The Morgan fingerprint density at radius 3 is 2.46 bits per heavy atom. The number of ether oxygens (including phenoxy) is 1. The molecule has 1 unspecified atom stereocenters. The molecule has 0 saturated heterocycles. The molecule has 0 saturated carbocycles. The van der Waals surface area contributed by atoms with Crippen LogP contribution in [-0.2, 0) is 9.53 Å². The predicted octanol–water partition coefficient (Wildman–Crippen LogP) is 2.40. The van der Waals surface area contributed by atoms with Gasteiger partial charge in [-0.3, -0.25) is 9.79 Å². The molecule has 0 aliphatic rings. The van der Waals surface area contributed by atoms with Gasteiger partial charge < -0.3 is 20.3 Å². The van der Waals surface area contributed by atoms with Crippen LogP contribution in [0.2, 0.25) is 0 Å². The summed E-state index contributed by atoms with van der Waals surface area (Å²) in [4.78, 5) is 18.1. The largest absolute Gasteiger partial charge is 0.469 e. The van der Waals surface area contributed by atoms with Crippen LogP contribution in [0.25, 0.3) is 0 Å². The summed E-state index contributed by atoms with van der Waals surface area (Å²) < 4.78 is 4.64. The van der Waals surface area contributed by atoms with Crippen LogP contribution >= 0.6 is 0 Å². The SMILES string of the molecule is CCNC(=NCCCCC(=O)OC)NC(C)CCCN(CC)CC. The zero-order chi connectivity index (χ0) is 18.2. The molecule has 0 rings (SSSR count). The number of nitrogens with zero attached hydrogens (tertiary/aromatic N) is 2. The van der Waals surface area contributed by atoms with E-state index in [1.807, 2.05) is 0 Å². The number of esters is 1. The van der Waals surface area contributed by atoms with Gasteiger partial charge >= 0.3 is 5.97 Å². The molecule has 24 heavy (non-hydrogen) atoms. The molecule has 0 aromatic carbocycles. The van der Waals surface area contributed by atoms with E-state index in [2.05, 4.69) is 53.0 Å². The Balaban J connectivity index is 4.06. The lowest BCUT2D eigenvalue weighted by atomic mass is 10.2. The molecule has 0 amide bonds. The van der Waals surface area contributed by atoms with Gasteiger partial charge in [-0.2, -0.15) is 0 Å². The molecule has 6 nitrogen and oxygen atoms in total. The highest BCUT2D eigenvalue weighted by Crippen LogP contribution is 2.00. The third kappa shape index (κ3) is 12.2. The molecule has 0 aliphatic carbocycles. The van der Waals surface area contributed by atoms with Crippen molar-refractivity contribution in [2.45, 2.75) is 65.8 Å². The van der Waals surface area contributed by atoms with Crippen LogP contribution < -0.4 is 10.6 Å². The summed E-state index contributed by atoms with van der Waals surface area (Å²) in [6, 6.07) is 0.397. The van der Waals surface area contributed by atoms with E-state index >= 15 is 0 Å². The van der Waals surface area contributed by atoms with Crippen LogP contribution in [0.1, 0.15) is 59.8 Å². The van der Waals surface area contributed by atoms with Crippen LogP contribution in [0.3, 0.4) is 0 Å². The Morgan fingerprint density at radius 2 is 1.88 bits per heavy atom. The number of carbonyl (C=O) groups excluding carboxylic acids is 1. The van der Waals surface area contributed by atoms with Gasteiger partial charge in [0.25, 0.3) is 0 Å². The third-order valence-corrected chi connectivity index (χ3v) is 4.02. The van der Waals surface area contributed by atoms with Gasteiger partial charge in [0, 0.05) is 25.6 Å². The lowest BCUT2D eigenvalue weighted by Gasteiger charge is -2.21. The molecule has 0 spiro atoms. The summed E-state index contributed by atoms with van der Waals surface area (Å²) in [6.07, 6.45) is 4.49. The van der Waals surface area contributed by atoms with Gasteiger partial charge in [-0.25, -0.2) is 0 Å². The maximum atomic E-state index is 11.1. The van der Waals surface area contributed by atoms with Crippen molar-refractivity contribution in [1.29, 1.82) is 0 Å². The molecule has 0 heterocycles. The minimum absolute atomic E-state index is 0.147. The van der Waals surface area contributed by atoms with E-state index in [9.17, 15) is 4.79 Å². The quantitative estimate of drug-likeness (QED) is 0.233. The number of aliphatic imine (C=N–C) groups is 1. The van der Waals surface area contributed by atoms with Gasteiger partial charge in [0.05, 0.1) is 7.11 Å². The van der Waals surface area contributed by atoms with E-state index in [-0.39, 0.29) is 5.97 Å². The van der Waals surface area contributed by atoms with Crippen molar-refractivity contribution in [3.05, 3.63) is 0 Å². The van der Waals surface area contributed by atoms with Crippen molar-refractivity contribution in [2.75, 3.05) is 39.8 Å². The molecule has 1 atom stereocenters. The zero-order valence-electron chi connectivity index (χ0n) is 16.4. The van der Waals surface area contributed by atoms with E-state index in [0.717, 1.165) is 57.9 Å². The lowest BCUT2D eigenvalue weighted by Crippen LogP contribution is -2.42. The molecule has 0 aromatic heterocycles. The molecular formula is C18H38N4O2. The monoisotopic (exact) mass is 342 g/mol. The van der Waals surface area contributed by atoms with E-state index in [1.165, 1.54) is 13.5 Å². The Morgan fingerprint density at radius 1 is 1.17 bits per heavy atom. The Labute approximate surface area is 148 Å². The second kappa shape index (κ2) is 15.2. The van der Waals surface area contributed by atoms with Crippen molar-refractivity contribution in [3.63, 3.8) is 0 Å². The molecule has 0 aliphatic heterocycles. The van der Waals surface area contributed by atoms with Gasteiger partial charge in [0.15, 0.2) is 5.96 Å². The molecule has 0 bridgehead atoms. The first-order valence-corrected chi connectivity index (χ1v) is 9.41. The number of unbranched alkanes of at least 4 members (excludes halogenated alkanes) is 1. The maximum Gasteiger partial charge on any atom is 0.305 e. The van der Waals surface area contributed by atoms with Crippen LogP contribution in [0.4, 0.5) is 0 Å². The Kier molecular flexibility index (Phi) is 14.4. The highest BCUT2D eigenvalue weighted by atomic mass is 16.5. The van der Waals surface area contributed by atoms with Gasteiger partial charge in [-0.15, -0.1) is 0 Å². The third-order valence-electron chi connectivity index (χ3n) is 4.02. The summed E-state index contributed by atoms with van der Waals surface area (Å²) in [5.41, 5.74) is 0. The van der Waals surface area contributed by atoms with Crippen molar-refractivity contribution in [2.24, 2.45) is 4.99 Å². The summed E-state index contributed by atoms with van der Waals surface area (Å²) in [5, 5.41) is 6.75. The molecule has 6 heteroatoms. The number of nitrogens with one attached hydrogen (secondary N) is 2. The fraction of sp³-hybridized carbons (Fsp3) is 0.889. The number of guanidine groups is 1. The summed E-state index contributed by atoms with van der Waals surface area (Å²) in [6.45, 7) is 13.6. The smallest absolute Gasteiger partial charge is 0.305 e. The average Bonchev–Trinajstić information content (AvgIpc) is 2.58. The van der Waals surface area contributed by atoms with E-state index in [0.29, 0.717) is 12.5 Å². The topological polar surface area (TPSA) is 66.0 Å². The van der Waals surface area contributed by atoms with E-state index < -0.39 is 0 Å². The summed E-state index contributed by atoms with van der Waals surface area (Å²) in [7, 11) is 1.43. The van der Waals surface area contributed by atoms with Crippen molar-refractivity contribution in [3.8, 4) is 0 Å². The fourth-order valence-electron chi connectivity index (χ4n) is 2.46. The van der Waals surface area contributed by atoms with Gasteiger partial charge in [-0.05, 0) is 59.2 Å². The average molecular weight is 343 g/mol. The standard InChI is InChI=1S/C18H38N4O2/c1-6-19-18(20-14-10-9-13-17(23)24-5)21-16(4)12-11-15-22(7-2)8-3/h16H,6-15H2,1-5H3,(H2,19,20,21). The van der Waals surface area contributed by atoms with Crippen molar-refractivity contribution in [1.82, 2.24) is 15.5 Å².